The Morgan fingerprint density at radius 3 is 2.24 bits per heavy atom. The Balaban J connectivity index is 2.34. The lowest BCUT2D eigenvalue weighted by Gasteiger charge is -2.07. The quantitative estimate of drug-likeness (QED) is 0.681. The number of amides is 2. The maximum atomic E-state index is 11.8. The lowest BCUT2D eigenvalue weighted by atomic mass is 10.1. The maximum absolute atomic E-state index is 11.8. The molecular weight excluding hydrogens is 264 g/mol. The number of anilines is 1. The molecule has 0 aromatic heterocycles. The smallest absolute Gasteiger partial charge is 0.251 e. The predicted octanol–water partition coefficient (Wildman–Crippen LogP) is 3.74. The van der Waals surface area contributed by atoms with Gasteiger partial charge in [-0.05, 0) is 37.6 Å². The van der Waals surface area contributed by atoms with Crippen molar-refractivity contribution in [3.05, 3.63) is 29.8 Å². The van der Waals surface area contributed by atoms with Crippen molar-refractivity contribution in [1.29, 1.82) is 0 Å². The molecule has 116 valence electrons. The summed E-state index contributed by atoms with van der Waals surface area (Å²) in [5.41, 5.74) is 1.34. The molecule has 0 atom stereocenters. The van der Waals surface area contributed by atoms with E-state index >= 15 is 0 Å². The van der Waals surface area contributed by atoms with Crippen LogP contribution in [-0.2, 0) is 4.79 Å². The Hall–Kier alpha value is -1.84. The predicted molar refractivity (Wildman–Crippen MR) is 86.5 cm³/mol. The van der Waals surface area contributed by atoms with E-state index in [2.05, 4.69) is 17.6 Å². The van der Waals surface area contributed by atoms with Crippen molar-refractivity contribution in [3.8, 4) is 0 Å². The maximum Gasteiger partial charge on any atom is 0.251 e. The van der Waals surface area contributed by atoms with E-state index in [4.69, 9.17) is 0 Å². The molecule has 0 saturated carbocycles. The molecule has 0 fully saturated rings. The summed E-state index contributed by atoms with van der Waals surface area (Å²) < 4.78 is 0. The molecule has 4 heteroatoms. The van der Waals surface area contributed by atoms with Gasteiger partial charge in [-0.1, -0.05) is 32.6 Å². The monoisotopic (exact) mass is 290 g/mol. The number of rotatable bonds is 9. The molecule has 1 aromatic rings. The first-order valence-electron chi connectivity index (χ1n) is 7.85. The molecule has 1 rings (SSSR count). The normalized spacial score (nSPS) is 10.2. The van der Waals surface area contributed by atoms with Gasteiger partial charge in [-0.15, -0.1) is 0 Å². The first-order chi connectivity index (χ1) is 10.2. The number of nitrogens with one attached hydrogen (secondary N) is 2. The van der Waals surface area contributed by atoms with Gasteiger partial charge in [-0.25, -0.2) is 0 Å². The SMILES string of the molecule is CCCCCCCC(=O)Nc1ccc(C(=O)NCC)cc1. The van der Waals surface area contributed by atoms with Gasteiger partial charge >= 0.3 is 0 Å². The van der Waals surface area contributed by atoms with Gasteiger partial charge in [-0.2, -0.15) is 0 Å². The van der Waals surface area contributed by atoms with Gasteiger partial charge in [0, 0.05) is 24.2 Å². The second kappa shape index (κ2) is 9.97. The van der Waals surface area contributed by atoms with Crippen LogP contribution in [0.5, 0.6) is 0 Å². The lowest BCUT2D eigenvalue weighted by molar-refractivity contribution is -0.116. The largest absolute Gasteiger partial charge is 0.352 e. The Kier molecular flexibility index (Phi) is 8.17. The highest BCUT2D eigenvalue weighted by Crippen LogP contribution is 2.11. The lowest BCUT2D eigenvalue weighted by Crippen LogP contribution is -2.22. The van der Waals surface area contributed by atoms with Crippen LogP contribution < -0.4 is 10.6 Å². The van der Waals surface area contributed by atoms with Crippen molar-refractivity contribution in [2.75, 3.05) is 11.9 Å². The number of unbranched alkanes of at least 4 members (excludes halogenated alkanes) is 4. The number of carbonyl (C=O) groups excluding carboxylic acids is 2. The second-order valence-corrected chi connectivity index (χ2v) is 5.15. The van der Waals surface area contributed by atoms with Gasteiger partial charge in [0.25, 0.3) is 5.91 Å². The average molecular weight is 290 g/mol. The van der Waals surface area contributed by atoms with E-state index in [1.54, 1.807) is 24.3 Å². The van der Waals surface area contributed by atoms with Gasteiger partial charge < -0.3 is 10.6 Å². The van der Waals surface area contributed by atoms with E-state index in [0.717, 1.165) is 18.5 Å². The van der Waals surface area contributed by atoms with Crippen LogP contribution in [0, 0.1) is 0 Å². The summed E-state index contributed by atoms with van der Waals surface area (Å²) in [7, 11) is 0. The molecule has 0 aliphatic heterocycles. The summed E-state index contributed by atoms with van der Waals surface area (Å²) in [6.07, 6.45) is 6.25. The van der Waals surface area contributed by atoms with Crippen LogP contribution in [0.3, 0.4) is 0 Å². The fourth-order valence-corrected chi connectivity index (χ4v) is 2.08. The fraction of sp³-hybridized carbons (Fsp3) is 0.529. The third kappa shape index (κ3) is 6.93. The molecule has 0 heterocycles. The highest BCUT2D eigenvalue weighted by molar-refractivity contribution is 5.95. The zero-order chi connectivity index (χ0) is 15.5. The minimum Gasteiger partial charge on any atom is -0.352 e. The Bertz CT molecular complexity index is 441. The highest BCUT2D eigenvalue weighted by atomic mass is 16.2. The molecule has 0 unspecified atom stereocenters. The van der Waals surface area contributed by atoms with E-state index in [1.807, 2.05) is 6.92 Å². The molecule has 2 amide bonds. The molecule has 0 bridgehead atoms. The van der Waals surface area contributed by atoms with Crippen LogP contribution in [0.4, 0.5) is 5.69 Å². The molecule has 0 spiro atoms. The van der Waals surface area contributed by atoms with Crippen LogP contribution >= 0.6 is 0 Å². The summed E-state index contributed by atoms with van der Waals surface area (Å²) in [5, 5.41) is 5.60. The highest BCUT2D eigenvalue weighted by Gasteiger charge is 2.05. The Morgan fingerprint density at radius 1 is 0.952 bits per heavy atom. The van der Waals surface area contributed by atoms with E-state index in [1.165, 1.54) is 19.3 Å². The third-order valence-electron chi connectivity index (χ3n) is 3.28. The molecule has 21 heavy (non-hydrogen) atoms. The molecule has 2 N–H and O–H groups in total. The van der Waals surface area contributed by atoms with E-state index in [9.17, 15) is 9.59 Å². The zero-order valence-corrected chi connectivity index (χ0v) is 13.1. The van der Waals surface area contributed by atoms with Gasteiger partial charge in [-0.3, -0.25) is 9.59 Å². The molecule has 0 saturated heterocycles. The summed E-state index contributed by atoms with van der Waals surface area (Å²) in [5.74, 6) is -0.0523. The summed E-state index contributed by atoms with van der Waals surface area (Å²) in [6, 6.07) is 6.98. The van der Waals surface area contributed by atoms with Crippen LogP contribution in [0.2, 0.25) is 0 Å². The van der Waals surface area contributed by atoms with Crippen LogP contribution in [0.25, 0.3) is 0 Å². The number of hydrogen-bond donors (Lipinski definition) is 2. The van der Waals surface area contributed by atoms with Gasteiger partial charge in [0.05, 0.1) is 0 Å². The second-order valence-electron chi connectivity index (χ2n) is 5.15. The molecule has 0 aliphatic carbocycles. The molecular formula is C17H26N2O2. The van der Waals surface area contributed by atoms with Crippen LogP contribution in [-0.4, -0.2) is 18.4 Å². The van der Waals surface area contributed by atoms with Crippen molar-refractivity contribution in [2.24, 2.45) is 0 Å². The molecule has 0 aliphatic rings. The van der Waals surface area contributed by atoms with Crippen LogP contribution in [0.15, 0.2) is 24.3 Å². The summed E-state index contributed by atoms with van der Waals surface area (Å²) in [6.45, 7) is 4.67. The topological polar surface area (TPSA) is 58.2 Å². The zero-order valence-electron chi connectivity index (χ0n) is 13.1. The summed E-state index contributed by atoms with van der Waals surface area (Å²) >= 11 is 0. The van der Waals surface area contributed by atoms with Crippen LogP contribution in [0.1, 0.15) is 62.7 Å². The number of hydrogen-bond acceptors (Lipinski definition) is 2. The van der Waals surface area contributed by atoms with E-state index in [-0.39, 0.29) is 11.8 Å². The van der Waals surface area contributed by atoms with Crippen molar-refractivity contribution in [3.63, 3.8) is 0 Å². The minimum absolute atomic E-state index is 0.0391. The standard InChI is InChI=1S/C17H26N2O2/c1-3-5-6-7-8-9-16(20)19-15-12-10-14(11-13-15)17(21)18-4-2/h10-13H,3-9H2,1-2H3,(H,18,21)(H,19,20). The van der Waals surface area contributed by atoms with E-state index in [0.29, 0.717) is 18.5 Å². The van der Waals surface area contributed by atoms with Crippen molar-refractivity contribution < 1.29 is 9.59 Å². The van der Waals surface area contributed by atoms with Gasteiger partial charge in [0.2, 0.25) is 5.91 Å². The summed E-state index contributed by atoms with van der Waals surface area (Å²) in [4.78, 5) is 23.4. The first kappa shape index (κ1) is 17.2. The van der Waals surface area contributed by atoms with Gasteiger partial charge in [0.1, 0.15) is 0 Å². The molecule has 4 nitrogen and oxygen atoms in total. The number of benzene rings is 1. The molecule has 1 aromatic carbocycles. The minimum atomic E-state index is -0.0914. The van der Waals surface area contributed by atoms with E-state index < -0.39 is 0 Å². The Morgan fingerprint density at radius 2 is 1.62 bits per heavy atom. The van der Waals surface area contributed by atoms with Gasteiger partial charge in [0.15, 0.2) is 0 Å². The van der Waals surface area contributed by atoms with Crippen molar-refractivity contribution >= 4 is 17.5 Å². The fourth-order valence-electron chi connectivity index (χ4n) is 2.08. The number of carbonyl (C=O) groups is 2. The third-order valence-corrected chi connectivity index (χ3v) is 3.28. The van der Waals surface area contributed by atoms with Crippen molar-refractivity contribution in [1.82, 2.24) is 5.32 Å². The van der Waals surface area contributed by atoms with Crippen molar-refractivity contribution in [2.45, 2.75) is 52.4 Å². The molecule has 0 radical (unpaired) electrons. The Labute approximate surface area is 127 Å². The first-order valence-corrected chi connectivity index (χ1v) is 7.85. The average Bonchev–Trinajstić information content (AvgIpc) is 2.48.